The summed E-state index contributed by atoms with van der Waals surface area (Å²) in [6.45, 7) is 5.48. The smallest absolute Gasteiger partial charge is 0.257 e. The van der Waals surface area contributed by atoms with E-state index in [2.05, 4.69) is 29.8 Å². The molecule has 1 amide bonds. The highest BCUT2D eigenvalue weighted by molar-refractivity contribution is 5.95. The maximum Gasteiger partial charge on any atom is 0.257 e. The molecular weight excluding hydrogens is 393 g/mol. The van der Waals surface area contributed by atoms with Crippen molar-refractivity contribution < 1.29 is 13.9 Å². The highest BCUT2D eigenvalue weighted by atomic mass is 19.1. The Kier molecular flexibility index (Phi) is 4.61. The summed E-state index contributed by atoms with van der Waals surface area (Å²) >= 11 is 0. The molecule has 3 aromatic rings. The fourth-order valence-electron chi connectivity index (χ4n) is 5.13. The second-order valence-electron chi connectivity index (χ2n) is 9.02. The Bertz CT molecular complexity index is 1160. The summed E-state index contributed by atoms with van der Waals surface area (Å²) in [6, 6.07) is 14.8. The zero-order valence-corrected chi connectivity index (χ0v) is 18.1. The number of methoxy groups -OCH3 is 1. The first-order chi connectivity index (χ1) is 14.9. The predicted octanol–water partition coefficient (Wildman–Crippen LogP) is 4.66. The number of carbonyl (C=O) groups excluding carboxylic acids is 1. The molecule has 2 fully saturated rings. The van der Waals surface area contributed by atoms with E-state index in [0.29, 0.717) is 24.8 Å². The molecular formula is C25H26FN3O2. The molecule has 31 heavy (non-hydrogen) atoms. The van der Waals surface area contributed by atoms with Crippen molar-refractivity contribution in [3.05, 3.63) is 76.9 Å². The Labute approximate surface area is 181 Å². The van der Waals surface area contributed by atoms with Gasteiger partial charge in [-0.1, -0.05) is 18.2 Å². The van der Waals surface area contributed by atoms with E-state index in [1.807, 2.05) is 19.1 Å². The van der Waals surface area contributed by atoms with E-state index in [4.69, 9.17) is 9.84 Å². The molecule has 1 aliphatic heterocycles. The third-order valence-corrected chi connectivity index (χ3v) is 6.72. The number of halogens is 1. The molecule has 0 bridgehead atoms. The van der Waals surface area contributed by atoms with Gasteiger partial charge in [-0.25, -0.2) is 9.07 Å². The first-order valence-corrected chi connectivity index (χ1v) is 10.6. The molecule has 160 valence electrons. The van der Waals surface area contributed by atoms with Gasteiger partial charge in [-0.2, -0.15) is 5.10 Å². The summed E-state index contributed by atoms with van der Waals surface area (Å²) < 4.78 is 21.4. The maximum absolute atomic E-state index is 14.2. The van der Waals surface area contributed by atoms with Gasteiger partial charge in [-0.3, -0.25) is 4.79 Å². The summed E-state index contributed by atoms with van der Waals surface area (Å²) in [5.74, 6) is 0.150. The minimum atomic E-state index is -0.504. The van der Waals surface area contributed by atoms with Gasteiger partial charge in [-0.15, -0.1) is 0 Å². The van der Waals surface area contributed by atoms with Crippen LogP contribution in [0.4, 0.5) is 4.39 Å². The molecule has 1 aromatic heterocycles. The van der Waals surface area contributed by atoms with Crippen LogP contribution in [0.3, 0.4) is 0 Å². The number of aryl methyl sites for hydroxylation is 2. The largest absolute Gasteiger partial charge is 0.497 e. The number of hydrogen-bond acceptors (Lipinski definition) is 3. The van der Waals surface area contributed by atoms with Crippen LogP contribution in [0, 0.1) is 25.1 Å². The Morgan fingerprint density at radius 3 is 2.58 bits per heavy atom. The Morgan fingerprint density at radius 1 is 1.13 bits per heavy atom. The number of aromatic nitrogens is 2. The van der Waals surface area contributed by atoms with Gasteiger partial charge in [0.1, 0.15) is 11.6 Å². The Hall–Kier alpha value is -3.15. The molecule has 5 nitrogen and oxygen atoms in total. The van der Waals surface area contributed by atoms with Gasteiger partial charge in [-0.05, 0) is 62.6 Å². The highest BCUT2D eigenvalue weighted by Crippen LogP contribution is 2.56. The summed E-state index contributed by atoms with van der Waals surface area (Å²) in [7, 11) is 1.51. The van der Waals surface area contributed by atoms with Crippen LogP contribution >= 0.6 is 0 Å². The lowest BCUT2D eigenvalue weighted by atomic mass is 9.57. The van der Waals surface area contributed by atoms with Crippen LogP contribution in [0.25, 0.3) is 5.69 Å². The SMILES string of the molecule is COc1ccc(F)c(C(=O)N2CC3(CC(c4cc(C)nn4-c4ccccc4C)C3)C2)c1. The third-order valence-electron chi connectivity index (χ3n) is 6.72. The molecule has 2 heterocycles. The van der Waals surface area contributed by atoms with E-state index >= 15 is 0 Å². The monoisotopic (exact) mass is 419 g/mol. The molecule has 0 atom stereocenters. The van der Waals surface area contributed by atoms with E-state index < -0.39 is 5.82 Å². The van der Waals surface area contributed by atoms with Gasteiger partial charge in [0.15, 0.2) is 0 Å². The summed E-state index contributed by atoms with van der Waals surface area (Å²) in [6.07, 6.45) is 2.04. The van der Waals surface area contributed by atoms with Crippen LogP contribution in [0.5, 0.6) is 5.75 Å². The second-order valence-corrected chi connectivity index (χ2v) is 9.02. The maximum atomic E-state index is 14.2. The topological polar surface area (TPSA) is 47.4 Å². The number of likely N-dealkylation sites (tertiary alicyclic amines) is 1. The van der Waals surface area contributed by atoms with Crippen molar-refractivity contribution in [2.24, 2.45) is 5.41 Å². The second kappa shape index (κ2) is 7.22. The third kappa shape index (κ3) is 3.30. The Morgan fingerprint density at radius 2 is 1.87 bits per heavy atom. The molecule has 6 heteroatoms. The number of rotatable bonds is 4. The van der Waals surface area contributed by atoms with Crippen LogP contribution in [0.1, 0.15) is 46.1 Å². The molecule has 1 saturated carbocycles. The molecule has 1 spiro atoms. The van der Waals surface area contributed by atoms with Crippen molar-refractivity contribution in [3.8, 4) is 11.4 Å². The fourth-order valence-corrected chi connectivity index (χ4v) is 5.13. The van der Waals surface area contributed by atoms with Crippen molar-refractivity contribution in [3.63, 3.8) is 0 Å². The van der Waals surface area contributed by atoms with Gasteiger partial charge in [0.2, 0.25) is 0 Å². The van der Waals surface area contributed by atoms with Crippen LogP contribution in [0.15, 0.2) is 48.5 Å². The van der Waals surface area contributed by atoms with Gasteiger partial charge < -0.3 is 9.64 Å². The number of carbonyl (C=O) groups is 1. The first-order valence-electron chi connectivity index (χ1n) is 10.6. The normalized spacial score (nSPS) is 17.4. The van der Waals surface area contributed by atoms with E-state index in [0.717, 1.165) is 24.2 Å². The molecule has 0 N–H and O–H groups in total. The first kappa shape index (κ1) is 19.8. The van der Waals surface area contributed by atoms with Gasteiger partial charge in [0.25, 0.3) is 5.91 Å². The molecule has 0 unspecified atom stereocenters. The molecule has 0 radical (unpaired) electrons. The number of ether oxygens (including phenoxy) is 1. The number of amides is 1. The summed E-state index contributed by atoms with van der Waals surface area (Å²) in [5, 5.41) is 4.74. The molecule has 5 rings (SSSR count). The lowest BCUT2D eigenvalue weighted by molar-refractivity contribution is -0.0567. The lowest BCUT2D eigenvalue weighted by Crippen LogP contribution is -2.63. The van der Waals surface area contributed by atoms with Crippen molar-refractivity contribution >= 4 is 5.91 Å². The van der Waals surface area contributed by atoms with Crippen molar-refractivity contribution in [1.29, 1.82) is 0 Å². The lowest BCUT2D eigenvalue weighted by Gasteiger charge is -2.59. The summed E-state index contributed by atoms with van der Waals surface area (Å²) in [4.78, 5) is 14.5. The molecule has 2 aromatic carbocycles. The fraction of sp³-hybridized carbons (Fsp3) is 0.360. The zero-order valence-electron chi connectivity index (χ0n) is 18.1. The molecule has 2 aliphatic rings. The quantitative estimate of drug-likeness (QED) is 0.618. The zero-order chi connectivity index (χ0) is 21.8. The van der Waals surface area contributed by atoms with Crippen LogP contribution in [-0.2, 0) is 0 Å². The van der Waals surface area contributed by atoms with E-state index in [1.54, 1.807) is 4.90 Å². The average molecular weight is 420 g/mol. The van der Waals surface area contributed by atoms with Crippen LogP contribution in [-0.4, -0.2) is 40.8 Å². The highest BCUT2D eigenvalue weighted by Gasteiger charge is 2.54. The number of benzene rings is 2. The minimum Gasteiger partial charge on any atom is -0.497 e. The average Bonchev–Trinajstić information content (AvgIpc) is 3.07. The van der Waals surface area contributed by atoms with E-state index in [-0.39, 0.29) is 16.9 Å². The standard InChI is InChI=1S/C25H26FN3O2/c1-16-6-4-5-7-22(16)29-23(10-17(2)27-29)18-12-25(13-18)14-28(15-25)24(30)20-11-19(31-3)8-9-21(20)26/h4-11,18H,12-15H2,1-3H3. The van der Waals surface area contributed by atoms with Crippen molar-refractivity contribution in [1.82, 2.24) is 14.7 Å². The Balaban J connectivity index is 1.28. The van der Waals surface area contributed by atoms with Crippen LogP contribution < -0.4 is 4.74 Å². The van der Waals surface area contributed by atoms with Crippen LogP contribution in [0.2, 0.25) is 0 Å². The van der Waals surface area contributed by atoms with Crippen molar-refractivity contribution in [2.75, 3.05) is 20.2 Å². The molecule has 1 aliphatic carbocycles. The van der Waals surface area contributed by atoms with Gasteiger partial charge in [0.05, 0.1) is 24.1 Å². The van der Waals surface area contributed by atoms with Crippen molar-refractivity contribution in [2.45, 2.75) is 32.6 Å². The number of nitrogens with zero attached hydrogens (tertiary/aromatic N) is 3. The minimum absolute atomic E-state index is 0.0818. The molecule has 1 saturated heterocycles. The number of hydrogen-bond donors (Lipinski definition) is 0. The predicted molar refractivity (Wildman–Crippen MR) is 116 cm³/mol. The number of para-hydroxylation sites is 1. The summed E-state index contributed by atoms with van der Waals surface area (Å²) in [5.41, 5.74) is 4.79. The van der Waals surface area contributed by atoms with E-state index in [9.17, 15) is 9.18 Å². The van der Waals surface area contributed by atoms with Gasteiger partial charge >= 0.3 is 0 Å². The van der Waals surface area contributed by atoms with E-state index in [1.165, 1.54) is 36.6 Å². The van der Waals surface area contributed by atoms with Gasteiger partial charge in [0, 0.05) is 30.1 Å².